The zero-order valence-corrected chi connectivity index (χ0v) is 9.86. The van der Waals surface area contributed by atoms with Gasteiger partial charge in [-0.1, -0.05) is 13.0 Å². The summed E-state index contributed by atoms with van der Waals surface area (Å²) < 4.78 is 1.57. The Morgan fingerprint density at radius 3 is 2.56 bits per heavy atom. The molecule has 2 rings (SSSR count). The molecule has 0 amide bonds. The summed E-state index contributed by atoms with van der Waals surface area (Å²) in [4.78, 5) is 0. The molecule has 0 spiro atoms. The quantitative estimate of drug-likeness (QED) is 0.838. The van der Waals surface area contributed by atoms with E-state index in [1.165, 1.54) is 11.1 Å². The number of aromatic hydroxyl groups is 1. The van der Waals surface area contributed by atoms with Crippen molar-refractivity contribution < 1.29 is 5.11 Å². The molecule has 0 aliphatic heterocycles. The van der Waals surface area contributed by atoms with Gasteiger partial charge in [-0.05, 0) is 43.5 Å². The minimum absolute atomic E-state index is 0.241. The van der Waals surface area contributed by atoms with E-state index in [-0.39, 0.29) is 5.88 Å². The lowest BCUT2D eigenvalue weighted by Gasteiger charge is -2.06. The van der Waals surface area contributed by atoms with Crippen molar-refractivity contribution in [3.8, 4) is 11.6 Å². The summed E-state index contributed by atoms with van der Waals surface area (Å²) in [5.41, 5.74) is 4.22. The highest BCUT2D eigenvalue weighted by Crippen LogP contribution is 2.22. The summed E-state index contributed by atoms with van der Waals surface area (Å²) in [7, 11) is 0. The number of nitrogens with zero attached hydrogens (tertiary/aromatic N) is 2. The molecule has 0 unspecified atom stereocenters. The number of hydrogen-bond donors (Lipinski definition) is 1. The van der Waals surface area contributed by atoms with Crippen molar-refractivity contribution >= 4 is 0 Å². The van der Waals surface area contributed by atoms with Crippen LogP contribution in [0.15, 0.2) is 24.4 Å². The van der Waals surface area contributed by atoms with Crippen molar-refractivity contribution in [3.05, 3.63) is 41.1 Å². The van der Waals surface area contributed by atoms with Crippen LogP contribution in [0.1, 0.15) is 23.6 Å². The Labute approximate surface area is 95.3 Å². The van der Waals surface area contributed by atoms with Crippen LogP contribution in [-0.4, -0.2) is 14.9 Å². The van der Waals surface area contributed by atoms with E-state index in [1.807, 2.05) is 25.1 Å². The van der Waals surface area contributed by atoms with Crippen molar-refractivity contribution in [1.82, 2.24) is 9.78 Å². The first-order valence-corrected chi connectivity index (χ1v) is 5.47. The first-order chi connectivity index (χ1) is 7.63. The highest BCUT2D eigenvalue weighted by Gasteiger charge is 2.09. The Kier molecular flexibility index (Phi) is 2.69. The van der Waals surface area contributed by atoms with Gasteiger partial charge in [0.1, 0.15) is 0 Å². The molecule has 0 saturated carbocycles. The van der Waals surface area contributed by atoms with Crippen LogP contribution in [0.3, 0.4) is 0 Å². The third-order valence-corrected chi connectivity index (χ3v) is 2.93. The third-order valence-electron chi connectivity index (χ3n) is 2.93. The Morgan fingerprint density at radius 1 is 1.25 bits per heavy atom. The van der Waals surface area contributed by atoms with Crippen molar-refractivity contribution in [3.63, 3.8) is 0 Å². The largest absolute Gasteiger partial charge is 0.493 e. The lowest BCUT2D eigenvalue weighted by Crippen LogP contribution is -1.96. The van der Waals surface area contributed by atoms with E-state index >= 15 is 0 Å². The van der Waals surface area contributed by atoms with Gasteiger partial charge in [0.15, 0.2) is 0 Å². The van der Waals surface area contributed by atoms with Crippen molar-refractivity contribution in [2.24, 2.45) is 0 Å². The van der Waals surface area contributed by atoms with E-state index in [2.05, 4.69) is 18.9 Å². The molecular weight excluding hydrogens is 200 g/mol. The summed E-state index contributed by atoms with van der Waals surface area (Å²) in [6.07, 6.45) is 2.50. The summed E-state index contributed by atoms with van der Waals surface area (Å²) in [6, 6.07) is 6.04. The van der Waals surface area contributed by atoms with Crippen molar-refractivity contribution in [2.45, 2.75) is 27.2 Å². The SMILES string of the molecule is CCc1cnn(-c2ccc(C)c(C)c2)c1O. The topological polar surface area (TPSA) is 38.0 Å². The second-order valence-corrected chi connectivity index (χ2v) is 4.03. The fourth-order valence-corrected chi connectivity index (χ4v) is 1.67. The number of aromatic nitrogens is 2. The Balaban J connectivity index is 2.50. The zero-order valence-electron chi connectivity index (χ0n) is 9.86. The van der Waals surface area contributed by atoms with Gasteiger partial charge >= 0.3 is 0 Å². The maximum atomic E-state index is 9.94. The lowest BCUT2D eigenvalue weighted by molar-refractivity contribution is 0.428. The maximum Gasteiger partial charge on any atom is 0.217 e. The lowest BCUT2D eigenvalue weighted by atomic mass is 10.1. The van der Waals surface area contributed by atoms with Gasteiger partial charge in [-0.15, -0.1) is 0 Å². The van der Waals surface area contributed by atoms with E-state index in [9.17, 15) is 5.11 Å². The smallest absolute Gasteiger partial charge is 0.217 e. The molecule has 0 fully saturated rings. The van der Waals surface area contributed by atoms with Crippen LogP contribution in [0.4, 0.5) is 0 Å². The summed E-state index contributed by atoms with van der Waals surface area (Å²) in [5.74, 6) is 0.241. The monoisotopic (exact) mass is 216 g/mol. The van der Waals surface area contributed by atoms with E-state index in [0.29, 0.717) is 0 Å². The molecule has 3 heteroatoms. The van der Waals surface area contributed by atoms with Gasteiger partial charge in [0.25, 0.3) is 0 Å². The van der Waals surface area contributed by atoms with Crippen molar-refractivity contribution in [1.29, 1.82) is 0 Å². The standard InChI is InChI=1S/C13H16N2O/c1-4-11-8-14-15(13(11)16)12-6-5-9(2)10(3)7-12/h5-8,16H,4H2,1-3H3. The average molecular weight is 216 g/mol. The van der Waals surface area contributed by atoms with Crippen LogP contribution in [0.2, 0.25) is 0 Å². The van der Waals surface area contributed by atoms with E-state index < -0.39 is 0 Å². The van der Waals surface area contributed by atoms with Crippen LogP contribution in [0.25, 0.3) is 5.69 Å². The Bertz CT molecular complexity index is 515. The molecule has 0 radical (unpaired) electrons. The molecule has 1 N–H and O–H groups in total. The van der Waals surface area contributed by atoms with E-state index in [1.54, 1.807) is 10.9 Å². The first kappa shape index (κ1) is 10.7. The maximum absolute atomic E-state index is 9.94. The van der Waals surface area contributed by atoms with Crippen LogP contribution >= 0.6 is 0 Å². The van der Waals surface area contributed by atoms with Gasteiger partial charge in [-0.25, -0.2) is 4.68 Å². The molecule has 16 heavy (non-hydrogen) atoms. The van der Waals surface area contributed by atoms with Crippen LogP contribution in [0.5, 0.6) is 5.88 Å². The molecule has 1 aromatic carbocycles. The van der Waals surface area contributed by atoms with Gasteiger partial charge in [0, 0.05) is 5.56 Å². The molecule has 0 aliphatic rings. The van der Waals surface area contributed by atoms with Gasteiger partial charge in [-0.3, -0.25) is 0 Å². The molecule has 3 nitrogen and oxygen atoms in total. The fraction of sp³-hybridized carbons (Fsp3) is 0.308. The molecule has 84 valence electrons. The molecule has 0 atom stereocenters. The molecule has 0 bridgehead atoms. The summed E-state index contributed by atoms with van der Waals surface area (Å²) in [5, 5.41) is 14.1. The molecule has 0 saturated heterocycles. The molecule has 1 heterocycles. The number of rotatable bonds is 2. The van der Waals surface area contributed by atoms with E-state index in [0.717, 1.165) is 17.7 Å². The Morgan fingerprint density at radius 2 is 2.00 bits per heavy atom. The number of benzene rings is 1. The predicted octanol–water partition coefficient (Wildman–Crippen LogP) is 2.76. The average Bonchev–Trinajstić information content (AvgIpc) is 2.64. The van der Waals surface area contributed by atoms with Crippen LogP contribution < -0.4 is 0 Å². The third kappa shape index (κ3) is 1.69. The summed E-state index contributed by atoms with van der Waals surface area (Å²) >= 11 is 0. The summed E-state index contributed by atoms with van der Waals surface area (Å²) in [6.45, 7) is 6.13. The zero-order chi connectivity index (χ0) is 11.7. The van der Waals surface area contributed by atoms with Gasteiger partial charge in [-0.2, -0.15) is 5.10 Å². The van der Waals surface area contributed by atoms with Gasteiger partial charge < -0.3 is 5.11 Å². The van der Waals surface area contributed by atoms with Crippen LogP contribution in [0, 0.1) is 13.8 Å². The minimum atomic E-state index is 0.241. The number of hydrogen-bond acceptors (Lipinski definition) is 2. The molecule has 1 aromatic heterocycles. The first-order valence-electron chi connectivity index (χ1n) is 5.47. The highest BCUT2D eigenvalue weighted by atomic mass is 16.3. The fourth-order valence-electron chi connectivity index (χ4n) is 1.67. The van der Waals surface area contributed by atoms with E-state index in [4.69, 9.17) is 0 Å². The second kappa shape index (κ2) is 4.00. The van der Waals surface area contributed by atoms with Gasteiger partial charge in [0.2, 0.25) is 5.88 Å². The minimum Gasteiger partial charge on any atom is -0.493 e. The predicted molar refractivity (Wildman–Crippen MR) is 64.1 cm³/mol. The van der Waals surface area contributed by atoms with Crippen LogP contribution in [-0.2, 0) is 6.42 Å². The normalized spacial score (nSPS) is 10.7. The Hall–Kier alpha value is -1.77. The van der Waals surface area contributed by atoms with Gasteiger partial charge in [0.05, 0.1) is 11.9 Å². The molecule has 0 aliphatic carbocycles. The molecule has 2 aromatic rings. The number of aryl methyl sites for hydroxylation is 3. The molecular formula is C13H16N2O. The second-order valence-electron chi connectivity index (χ2n) is 4.03. The van der Waals surface area contributed by atoms with Crippen molar-refractivity contribution in [2.75, 3.05) is 0 Å². The highest BCUT2D eigenvalue weighted by molar-refractivity contribution is 5.42.